The Morgan fingerprint density at radius 3 is 2.19 bits per heavy atom. The van der Waals surface area contributed by atoms with Gasteiger partial charge in [-0.1, -0.05) is 29.8 Å². The van der Waals surface area contributed by atoms with Gasteiger partial charge in [-0.05, 0) is 50.6 Å². The number of rotatable bonds is 7. The van der Waals surface area contributed by atoms with Gasteiger partial charge in [0.15, 0.2) is 6.10 Å². The van der Waals surface area contributed by atoms with Gasteiger partial charge in [-0.3, -0.25) is 20.4 Å². The van der Waals surface area contributed by atoms with Crippen LogP contribution in [0.4, 0.5) is 0 Å². The van der Waals surface area contributed by atoms with E-state index in [-0.39, 0.29) is 12.3 Å². The Morgan fingerprint density at radius 1 is 0.962 bits per heavy atom. The number of hydrazine groups is 1. The molecule has 0 heterocycles. The van der Waals surface area contributed by atoms with Crippen molar-refractivity contribution < 1.29 is 19.1 Å². The number of benzene rings is 2. The Kier molecular flexibility index (Phi) is 7.02. The van der Waals surface area contributed by atoms with Crippen LogP contribution in [0.25, 0.3) is 0 Å². The molecule has 0 spiro atoms. The van der Waals surface area contributed by atoms with Crippen LogP contribution < -0.4 is 20.3 Å². The molecule has 2 amide bonds. The maximum absolute atomic E-state index is 12.0. The van der Waals surface area contributed by atoms with Gasteiger partial charge in [0.1, 0.15) is 11.5 Å². The van der Waals surface area contributed by atoms with Gasteiger partial charge in [-0.2, -0.15) is 0 Å². The molecule has 0 fully saturated rings. The summed E-state index contributed by atoms with van der Waals surface area (Å²) in [6.07, 6.45) is -0.568. The average molecular weight is 356 g/mol. The van der Waals surface area contributed by atoms with E-state index >= 15 is 0 Å². The van der Waals surface area contributed by atoms with Gasteiger partial charge < -0.3 is 9.47 Å². The second kappa shape index (κ2) is 9.46. The van der Waals surface area contributed by atoms with Gasteiger partial charge in [0.2, 0.25) is 5.91 Å². The highest BCUT2D eigenvalue weighted by Crippen LogP contribution is 2.18. The number of carbonyl (C=O) groups excluding carboxylic acids is 2. The van der Waals surface area contributed by atoms with E-state index in [2.05, 4.69) is 10.9 Å². The second-order valence-electron chi connectivity index (χ2n) is 5.86. The summed E-state index contributed by atoms with van der Waals surface area (Å²) in [6.45, 7) is 6.08. The number of carbonyl (C=O) groups is 2. The highest BCUT2D eigenvalue weighted by atomic mass is 16.5. The first-order chi connectivity index (χ1) is 12.5. The minimum absolute atomic E-state index is 0.189. The first-order valence-corrected chi connectivity index (χ1v) is 8.51. The lowest BCUT2D eigenvalue weighted by Gasteiger charge is -2.15. The quantitative estimate of drug-likeness (QED) is 0.748. The molecule has 2 N–H and O–H groups in total. The number of amides is 2. The smallest absolute Gasteiger partial charge is 0.279 e. The van der Waals surface area contributed by atoms with E-state index < -0.39 is 12.0 Å². The van der Waals surface area contributed by atoms with E-state index in [4.69, 9.17) is 9.47 Å². The summed E-state index contributed by atoms with van der Waals surface area (Å²) in [5.41, 5.74) is 6.78. The minimum atomic E-state index is -0.757. The zero-order valence-corrected chi connectivity index (χ0v) is 15.2. The third kappa shape index (κ3) is 6.12. The average Bonchev–Trinajstić information content (AvgIpc) is 2.63. The van der Waals surface area contributed by atoms with Gasteiger partial charge in [-0.15, -0.1) is 0 Å². The Morgan fingerprint density at radius 2 is 1.58 bits per heavy atom. The van der Waals surface area contributed by atoms with Crippen molar-refractivity contribution in [2.75, 3.05) is 6.61 Å². The minimum Gasteiger partial charge on any atom is -0.494 e. The highest BCUT2D eigenvalue weighted by molar-refractivity contribution is 5.85. The molecular formula is C20H24N2O4. The van der Waals surface area contributed by atoms with Crippen molar-refractivity contribution in [3.63, 3.8) is 0 Å². The van der Waals surface area contributed by atoms with E-state index in [9.17, 15) is 9.59 Å². The predicted molar refractivity (Wildman–Crippen MR) is 98.9 cm³/mol. The second-order valence-corrected chi connectivity index (χ2v) is 5.86. The molecule has 0 aromatic heterocycles. The molecule has 0 aliphatic heterocycles. The number of ether oxygens (including phenoxy) is 2. The van der Waals surface area contributed by atoms with E-state index in [1.54, 1.807) is 31.2 Å². The van der Waals surface area contributed by atoms with Crippen molar-refractivity contribution in [2.45, 2.75) is 33.3 Å². The summed E-state index contributed by atoms with van der Waals surface area (Å²) in [4.78, 5) is 23.9. The van der Waals surface area contributed by atoms with Crippen LogP contribution in [-0.2, 0) is 16.0 Å². The first-order valence-electron chi connectivity index (χ1n) is 8.51. The number of aryl methyl sites for hydroxylation is 1. The van der Waals surface area contributed by atoms with Crippen molar-refractivity contribution in [1.82, 2.24) is 10.9 Å². The van der Waals surface area contributed by atoms with Crippen LogP contribution in [0.1, 0.15) is 25.0 Å². The van der Waals surface area contributed by atoms with Gasteiger partial charge >= 0.3 is 0 Å². The summed E-state index contributed by atoms with van der Waals surface area (Å²) < 4.78 is 10.9. The van der Waals surface area contributed by atoms with Crippen LogP contribution in [0.3, 0.4) is 0 Å². The largest absolute Gasteiger partial charge is 0.494 e. The molecule has 0 aliphatic carbocycles. The lowest BCUT2D eigenvalue weighted by atomic mass is 10.1. The molecule has 0 aliphatic rings. The summed E-state index contributed by atoms with van der Waals surface area (Å²) in [5.74, 6) is 0.550. The van der Waals surface area contributed by atoms with Crippen molar-refractivity contribution in [1.29, 1.82) is 0 Å². The Bertz CT molecular complexity index is 726. The SMILES string of the molecule is CCOc1ccc(O[C@@H](C)C(=O)NNC(=O)Cc2ccc(C)cc2)cc1. The third-order valence-electron chi connectivity index (χ3n) is 3.63. The van der Waals surface area contributed by atoms with Crippen molar-refractivity contribution in [3.8, 4) is 11.5 Å². The maximum Gasteiger partial charge on any atom is 0.279 e. The fourth-order valence-corrected chi connectivity index (χ4v) is 2.21. The molecule has 0 unspecified atom stereocenters. The Balaban J connectivity index is 1.77. The topological polar surface area (TPSA) is 76.7 Å². The Hall–Kier alpha value is -3.02. The number of nitrogens with one attached hydrogen (secondary N) is 2. The van der Waals surface area contributed by atoms with Crippen LogP contribution >= 0.6 is 0 Å². The molecule has 26 heavy (non-hydrogen) atoms. The van der Waals surface area contributed by atoms with Gasteiger partial charge in [0.25, 0.3) is 5.91 Å². The number of hydrogen-bond acceptors (Lipinski definition) is 4. The molecular weight excluding hydrogens is 332 g/mol. The lowest BCUT2D eigenvalue weighted by molar-refractivity contribution is -0.132. The Labute approximate surface area is 153 Å². The van der Waals surface area contributed by atoms with Crippen molar-refractivity contribution in [3.05, 3.63) is 59.7 Å². The zero-order chi connectivity index (χ0) is 18.9. The first kappa shape index (κ1) is 19.3. The lowest BCUT2D eigenvalue weighted by Crippen LogP contribution is -2.47. The summed E-state index contributed by atoms with van der Waals surface area (Å²) >= 11 is 0. The summed E-state index contributed by atoms with van der Waals surface area (Å²) in [5, 5.41) is 0. The summed E-state index contributed by atoms with van der Waals surface area (Å²) in [6, 6.07) is 14.6. The molecule has 2 aromatic carbocycles. The van der Waals surface area contributed by atoms with Gasteiger partial charge in [-0.25, -0.2) is 0 Å². The van der Waals surface area contributed by atoms with Crippen LogP contribution in [-0.4, -0.2) is 24.5 Å². The molecule has 6 heteroatoms. The molecule has 0 radical (unpaired) electrons. The molecule has 0 saturated carbocycles. The molecule has 0 bridgehead atoms. The van der Waals surface area contributed by atoms with E-state index in [1.165, 1.54) is 0 Å². The fraction of sp³-hybridized carbons (Fsp3) is 0.300. The molecule has 0 saturated heterocycles. The maximum atomic E-state index is 12.0. The molecule has 2 rings (SSSR count). The zero-order valence-electron chi connectivity index (χ0n) is 15.2. The van der Waals surface area contributed by atoms with Crippen molar-refractivity contribution in [2.24, 2.45) is 0 Å². The van der Waals surface area contributed by atoms with E-state index in [0.29, 0.717) is 12.4 Å². The predicted octanol–water partition coefficient (Wildman–Crippen LogP) is 2.55. The molecule has 6 nitrogen and oxygen atoms in total. The third-order valence-corrected chi connectivity index (χ3v) is 3.63. The van der Waals surface area contributed by atoms with Crippen LogP contribution in [0.2, 0.25) is 0 Å². The molecule has 138 valence electrons. The monoisotopic (exact) mass is 356 g/mol. The van der Waals surface area contributed by atoms with Crippen LogP contribution in [0.5, 0.6) is 11.5 Å². The van der Waals surface area contributed by atoms with Gasteiger partial charge in [0.05, 0.1) is 13.0 Å². The van der Waals surface area contributed by atoms with Gasteiger partial charge in [0, 0.05) is 0 Å². The normalized spacial score (nSPS) is 11.3. The van der Waals surface area contributed by atoms with Crippen molar-refractivity contribution >= 4 is 11.8 Å². The fourth-order valence-electron chi connectivity index (χ4n) is 2.21. The summed E-state index contributed by atoms with van der Waals surface area (Å²) in [7, 11) is 0. The number of hydrogen-bond donors (Lipinski definition) is 2. The standard InChI is InChI=1S/C20H24N2O4/c1-4-25-17-9-11-18(12-10-17)26-15(3)20(24)22-21-19(23)13-16-7-5-14(2)6-8-16/h5-12,15H,4,13H2,1-3H3,(H,21,23)(H,22,24)/t15-/m0/s1. The van der Waals surface area contributed by atoms with Crippen LogP contribution in [0.15, 0.2) is 48.5 Å². The van der Waals surface area contributed by atoms with E-state index in [0.717, 1.165) is 16.9 Å². The van der Waals surface area contributed by atoms with E-state index in [1.807, 2.05) is 38.1 Å². The van der Waals surface area contributed by atoms with Crippen LogP contribution in [0, 0.1) is 6.92 Å². The molecule has 2 aromatic rings. The molecule has 1 atom stereocenters. The highest BCUT2D eigenvalue weighted by Gasteiger charge is 2.15.